The average molecular weight is 420 g/mol. The van der Waals surface area contributed by atoms with Crippen molar-refractivity contribution in [3.63, 3.8) is 0 Å². The molecule has 158 valence electrons. The van der Waals surface area contributed by atoms with Gasteiger partial charge in [0.1, 0.15) is 5.82 Å². The SMILES string of the molecule is Cc1ccc(C(=O)NCc2nc3ccccc3n2Cc2ccc3ccccc3c2)c(C)c1. The monoisotopic (exact) mass is 419 g/mol. The van der Waals surface area contributed by atoms with Gasteiger partial charge < -0.3 is 9.88 Å². The van der Waals surface area contributed by atoms with Gasteiger partial charge in [-0.2, -0.15) is 0 Å². The molecule has 0 atom stereocenters. The number of carbonyl (C=O) groups is 1. The van der Waals surface area contributed by atoms with Gasteiger partial charge in [0, 0.05) is 12.1 Å². The maximum absolute atomic E-state index is 12.8. The Labute approximate surface area is 187 Å². The number of aryl methyl sites for hydroxylation is 2. The van der Waals surface area contributed by atoms with Crippen LogP contribution in [0.25, 0.3) is 21.8 Å². The number of hydrogen-bond donors (Lipinski definition) is 1. The van der Waals surface area contributed by atoms with Crippen molar-refractivity contribution in [3.05, 3.63) is 113 Å². The van der Waals surface area contributed by atoms with Gasteiger partial charge in [0.05, 0.1) is 17.6 Å². The zero-order chi connectivity index (χ0) is 22.1. The minimum absolute atomic E-state index is 0.0770. The summed E-state index contributed by atoms with van der Waals surface area (Å²) < 4.78 is 2.20. The van der Waals surface area contributed by atoms with Crippen LogP contribution < -0.4 is 5.32 Å². The number of para-hydroxylation sites is 2. The Balaban J connectivity index is 1.45. The van der Waals surface area contributed by atoms with E-state index in [-0.39, 0.29) is 5.91 Å². The summed E-state index contributed by atoms with van der Waals surface area (Å²) in [5, 5.41) is 5.52. The molecular weight excluding hydrogens is 394 g/mol. The lowest BCUT2D eigenvalue weighted by atomic mass is 10.1. The summed E-state index contributed by atoms with van der Waals surface area (Å²) in [7, 11) is 0. The van der Waals surface area contributed by atoms with Gasteiger partial charge >= 0.3 is 0 Å². The first-order valence-corrected chi connectivity index (χ1v) is 10.9. The topological polar surface area (TPSA) is 46.9 Å². The number of aromatic nitrogens is 2. The van der Waals surface area contributed by atoms with Gasteiger partial charge in [-0.1, -0.05) is 66.2 Å². The summed E-state index contributed by atoms with van der Waals surface area (Å²) in [6, 6.07) is 28.9. The van der Waals surface area contributed by atoms with E-state index < -0.39 is 0 Å². The molecule has 0 saturated heterocycles. The van der Waals surface area contributed by atoms with E-state index in [4.69, 9.17) is 4.98 Å². The molecule has 0 aliphatic heterocycles. The molecule has 0 aliphatic rings. The Hall–Kier alpha value is -3.92. The fourth-order valence-corrected chi connectivity index (χ4v) is 4.28. The zero-order valence-corrected chi connectivity index (χ0v) is 18.3. The van der Waals surface area contributed by atoms with E-state index in [1.807, 2.05) is 50.2 Å². The summed E-state index contributed by atoms with van der Waals surface area (Å²) >= 11 is 0. The molecule has 1 aromatic heterocycles. The minimum Gasteiger partial charge on any atom is -0.345 e. The molecular formula is C28H25N3O. The van der Waals surface area contributed by atoms with Crippen LogP contribution in [0.1, 0.15) is 32.9 Å². The van der Waals surface area contributed by atoms with E-state index in [0.717, 1.165) is 28.0 Å². The van der Waals surface area contributed by atoms with Gasteiger partial charge in [-0.25, -0.2) is 4.98 Å². The number of nitrogens with zero attached hydrogens (tertiary/aromatic N) is 2. The third kappa shape index (κ3) is 3.87. The first kappa shape index (κ1) is 20.0. The Morgan fingerprint density at radius 1 is 0.875 bits per heavy atom. The lowest BCUT2D eigenvalue weighted by molar-refractivity contribution is 0.0949. The molecule has 1 amide bonds. The molecule has 4 nitrogen and oxygen atoms in total. The van der Waals surface area contributed by atoms with E-state index in [1.165, 1.54) is 16.3 Å². The maximum atomic E-state index is 12.8. The van der Waals surface area contributed by atoms with Crippen LogP contribution in [-0.2, 0) is 13.1 Å². The van der Waals surface area contributed by atoms with Crippen LogP contribution in [0.3, 0.4) is 0 Å². The molecule has 4 heteroatoms. The van der Waals surface area contributed by atoms with Crippen molar-refractivity contribution in [2.75, 3.05) is 0 Å². The molecule has 5 aromatic rings. The predicted octanol–water partition coefficient (Wildman–Crippen LogP) is 5.78. The number of hydrogen-bond acceptors (Lipinski definition) is 2. The van der Waals surface area contributed by atoms with Crippen molar-refractivity contribution in [2.24, 2.45) is 0 Å². The molecule has 0 spiro atoms. The number of amides is 1. The standard InChI is InChI=1S/C28H25N3O/c1-19-11-14-24(20(2)15-19)28(32)29-17-27-30-25-9-5-6-10-26(25)31(27)18-21-12-13-22-7-3-4-8-23(22)16-21/h3-16H,17-18H2,1-2H3,(H,29,32). The van der Waals surface area contributed by atoms with Gasteiger partial charge in [0.15, 0.2) is 0 Å². The molecule has 0 bridgehead atoms. The smallest absolute Gasteiger partial charge is 0.251 e. The first-order chi connectivity index (χ1) is 15.6. The van der Waals surface area contributed by atoms with Crippen molar-refractivity contribution in [1.29, 1.82) is 0 Å². The summed E-state index contributed by atoms with van der Waals surface area (Å²) in [6.45, 7) is 5.06. The van der Waals surface area contributed by atoms with E-state index >= 15 is 0 Å². The van der Waals surface area contributed by atoms with Crippen LogP contribution in [0.15, 0.2) is 84.9 Å². The normalized spacial score (nSPS) is 11.2. The fourth-order valence-electron chi connectivity index (χ4n) is 4.28. The highest BCUT2D eigenvalue weighted by Crippen LogP contribution is 2.21. The van der Waals surface area contributed by atoms with E-state index in [9.17, 15) is 4.79 Å². The predicted molar refractivity (Wildman–Crippen MR) is 130 cm³/mol. The van der Waals surface area contributed by atoms with Gasteiger partial charge in [-0.15, -0.1) is 0 Å². The van der Waals surface area contributed by atoms with Crippen molar-refractivity contribution >= 4 is 27.7 Å². The molecule has 0 fully saturated rings. The van der Waals surface area contributed by atoms with Crippen molar-refractivity contribution in [2.45, 2.75) is 26.9 Å². The third-order valence-corrected chi connectivity index (χ3v) is 5.92. The second-order valence-electron chi connectivity index (χ2n) is 8.29. The number of benzene rings is 4. The van der Waals surface area contributed by atoms with Crippen molar-refractivity contribution in [3.8, 4) is 0 Å². The molecule has 1 heterocycles. The Morgan fingerprint density at radius 2 is 1.66 bits per heavy atom. The van der Waals surface area contributed by atoms with Crippen LogP contribution >= 0.6 is 0 Å². The number of carbonyl (C=O) groups excluding carboxylic acids is 1. The Morgan fingerprint density at radius 3 is 2.50 bits per heavy atom. The number of rotatable bonds is 5. The van der Waals surface area contributed by atoms with E-state index in [2.05, 4.69) is 58.4 Å². The average Bonchev–Trinajstić information content (AvgIpc) is 3.15. The highest BCUT2D eigenvalue weighted by molar-refractivity contribution is 5.95. The lowest BCUT2D eigenvalue weighted by Crippen LogP contribution is -2.25. The second kappa shape index (κ2) is 8.31. The minimum atomic E-state index is -0.0770. The maximum Gasteiger partial charge on any atom is 0.251 e. The molecule has 32 heavy (non-hydrogen) atoms. The van der Waals surface area contributed by atoms with Crippen LogP contribution in [0.2, 0.25) is 0 Å². The van der Waals surface area contributed by atoms with Crippen LogP contribution in [0.5, 0.6) is 0 Å². The van der Waals surface area contributed by atoms with E-state index in [1.54, 1.807) is 0 Å². The number of nitrogens with one attached hydrogen (secondary N) is 1. The lowest BCUT2D eigenvalue weighted by Gasteiger charge is -2.12. The molecule has 0 aliphatic carbocycles. The van der Waals surface area contributed by atoms with E-state index in [0.29, 0.717) is 18.7 Å². The molecule has 1 N–H and O–H groups in total. The summed E-state index contributed by atoms with van der Waals surface area (Å²) in [5.41, 5.74) is 6.03. The van der Waals surface area contributed by atoms with Crippen LogP contribution in [0.4, 0.5) is 0 Å². The van der Waals surface area contributed by atoms with Gasteiger partial charge in [-0.3, -0.25) is 4.79 Å². The van der Waals surface area contributed by atoms with Crippen molar-refractivity contribution < 1.29 is 4.79 Å². The number of fused-ring (bicyclic) bond motifs is 2. The first-order valence-electron chi connectivity index (χ1n) is 10.9. The van der Waals surface area contributed by atoms with Gasteiger partial charge in [0.25, 0.3) is 5.91 Å². The Bertz CT molecular complexity index is 1450. The molecule has 0 saturated carbocycles. The summed E-state index contributed by atoms with van der Waals surface area (Å²) in [4.78, 5) is 17.7. The van der Waals surface area contributed by atoms with Crippen LogP contribution in [0, 0.1) is 13.8 Å². The highest BCUT2D eigenvalue weighted by Gasteiger charge is 2.14. The zero-order valence-electron chi connectivity index (χ0n) is 18.3. The van der Waals surface area contributed by atoms with Gasteiger partial charge in [0.2, 0.25) is 0 Å². The largest absolute Gasteiger partial charge is 0.345 e. The highest BCUT2D eigenvalue weighted by atomic mass is 16.1. The third-order valence-electron chi connectivity index (χ3n) is 5.92. The summed E-state index contributed by atoms with van der Waals surface area (Å²) in [6.07, 6.45) is 0. The summed E-state index contributed by atoms with van der Waals surface area (Å²) in [5.74, 6) is 0.768. The van der Waals surface area contributed by atoms with Gasteiger partial charge in [-0.05, 0) is 60.0 Å². The quantitative estimate of drug-likeness (QED) is 0.392. The Kier molecular flexibility index (Phi) is 5.20. The number of imidazole rings is 1. The second-order valence-corrected chi connectivity index (χ2v) is 8.29. The van der Waals surface area contributed by atoms with Crippen molar-refractivity contribution in [1.82, 2.24) is 14.9 Å². The fraction of sp³-hybridized carbons (Fsp3) is 0.143. The molecule has 4 aromatic carbocycles. The van der Waals surface area contributed by atoms with Crippen LogP contribution in [-0.4, -0.2) is 15.5 Å². The molecule has 0 radical (unpaired) electrons. The molecule has 5 rings (SSSR count). The molecule has 0 unspecified atom stereocenters.